The highest BCUT2D eigenvalue weighted by atomic mass is 79.9. The number of aromatic nitrogens is 5. The third kappa shape index (κ3) is 3.23. The molecule has 0 atom stereocenters. The van der Waals surface area contributed by atoms with Crippen LogP contribution in [0.3, 0.4) is 0 Å². The fraction of sp³-hybridized carbons (Fsp3) is 0.111. The van der Waals surface area contributed by atoms with Crippen molar-refractivity contribution in [2.24, 2.45) is 0 Å². The Hall–Kier alpha value is -3.00. The second-order valence-corrected chi connectivity index (χ2v) is 6.49. The van der Waals surface area contributed by atoms with E-state index >= 15 is 0 Å². The second kappa shape index (κ2) is 7.09. The van der Waals surface area contributed by atoms with E-state index in [1.807, 2.05) is 36.4 Å². The van der Waals surface area contributed by atoms with Gasteiger partial charge < -0.3 is 10.6 Å². The average Bonchev–Trinajstić information content (AvgIpc) is 3.08. The number of hydrogen-bond donors (Lipinski definition) is 2. The summed E-state index contributed by atoms with van der Waals surface area (Å²) < 4.78 is 2.62. The highest BCUT2D eigenvalue weighted by molar-refractivity contribution is 9.10. The van der Waals surface area contributed by atoms with Crippen LogP contribution in [0.5, 0.6) is 0 Å². The lowest BCUT2D eigenvalue weighted by Gasteiger charge is -2.11. The number of hydrogen-bond acceptors (Lipinski definition) is 6. The summed E-state index contributed by atoms with van der Waals surface area (Å²) in [5, 5.41) is 10.7. The van der Waals surface area contributed by atoms with Gasteiger partial charge in [-0.15, -0.1) is 0 Å². The van der Waals surface area contributed by atoms with Gasteiger partial charge in [0.15, 0.2) is 5.65 Å². The summed E-state index contributed by atoms with van der Waals surface area (Å²) in [6, 6.07) is 12.1. The Labute approximate surface area is 158 Å². The van der Waals surface area contributed by atoms with Crippen LogP contribution in [-0.2, 0) is 6.54 Å². The topological polar surface area (TPSA) is 80.0 Å². The van der Waals surface area contributed by atoms with E-state index in [-0.39, 0.29) is 0 Å². The van der Waals surface area contributed by atoms with E-state index in [4.69, 9.17) is 4.98 Å². The first-order valence-corrected chi connectivity index (χ1v) is 8.86. The molecular weight excluding hydrogens is 394 g/mol. The van der Waals surface area contributed by atoms with Crippen LogP contribution in [-0.4, -0.2) is 31.6 Å². The molecule has 26 heavy (non-hydrogen) atoms. The number of nitrogens with one attached hydrogen (secondary N) is 2. The summed E-state index contributed by atoms with van der Waals surface area (Å²) >= 11 is 3.52. The van der Waals surface area contributed by atoms with Crippen molar-refractivity contribution in [1.29, 1.82) is 0 Å². The maximum absolute atomic E-state index is 4.72. The summed E-state index contributed by atoms with van der Waals surface area (Å²) in [6.07, 6.45) is 5.33. The van der Waals surface area contributed by atoms with Gasteiger partial charge in [0.05, 0.1) is 16.4 Å². The molecule has 3 aromatic heterocycles. The zero-order valence-electron chi connectivity index (χ0n) is 14.0. The van der Waals surface area contributed by atoms with Crippen molar-refractivity contribution in [3.8, 4) is 11.3 Å². The van der Waals surface area contributed by atoms with Crippen LogP contribution < -0.4 is 10.6 Å². The maximum atomic E-state index is 4.72. The molecule has 2 N–H and O–H groups in total. The fourth-order valence-electron chi connectivity index (χ4n) is 2.59. The molecule has 1 aromatic carbocycles. The van der Waals surface area contributed by atoms with Gasteiger partial charge in [-0.3, -0.25) is 0 Å². The highest BCUT2D eigenvalue weighted by Crippen LogP contribution is 2.26. The Balaban J connectivity index is 1.68. The maximum Gasteiger partial charge on any atom is 0.222 e. The molecule has 7 nitrogen and oxygen atoms in total. The normalized spacial score (nSPS) is 10.8. The molecule has 0 aliphatic carbocycles. The fourth-order valence-corrected chi connectivity index (χ4v) is 2.93. The van der Waals surface area contributed by atoms with Crippen LogP contribution in [0, 0.1) is 0 Å². The predicted molar refractivity (Wildman–Crippen MR) is 105 cm³/mol. The number of anilines is 2. The zero-order valence-corrected chi connectivity index (χ0v) is 15.6. The van der Waals surface area contributed by atoms with Crippen molar-refractivity contribution < 1.29 is 0 Å². The van der Waals surface area contributed by atoms with Crippen LogP contribution in [0.2, 0.25) is 0 Å². The predicted octanol–water partition coefficient (Wildman–Crippen LogP) is 3.60. The average molecular weight is 410 g/mol. The summed E-state index contributed by atoms with van der Waals surface area (Å²) in [5.41, 5.74) is 3.66. The minimum absolute atomic E-state index is 0.578. The molecule has 0 bridgehead atoms. The monoisotopic (exact) mass is 409 g/mol. The Morgan fingerprint density at radius 2 is 1.85 bits per heavy atom. The van der Waals surface area contributed by atoms with Crippen molar-refractivity contribution in [1.82, 2.24) is 24.6 Å². The van der Waals surface area contributed by atoms with E-state index in [0.717, 1.165) is 32.8 Å². The SMILES string of the molecule is CNc1ncc(CNc2cc(-c3ccccc3)nc3c(Br)cnn23)cn1. The molecule has 8 heteroatoms. The molecule has 0 spiro atoms. The summed E-state index contributed by atoms with van der Waals surface area (Å²) in [6.45, 7) is 0.578. The molecule has 0 aliphatic rings. The summed E-state index contributed by atoms with van der Waals surface area (Å²) in [5.74, 6) is 1.44. The number of rotatable bonds is 5. The van der Waals surface area contributed by atoms with Crippen LogP contribution in [0.25, 0.3) is 16.9 Å². The van der Waals surface area contributed by atoms with Gasteiger partial charge in [-0.2, -0.15) is 9.61 Å². The van der Waals surface area contributed by atoms with Crippen LogP contribution in [0.4, 0.5) is 11.8 Å². The van der Waals surface area contributed by atoms with Crippen molar-refractivity contribution in [3.63, 3.8) is 0 Å². The van der Waals surface area contributed by atoms with E-state index < -0.39 is 0 Å². The summed E-state index contributed by atoms with van der Waals surface area (Å²) in [7, 11) is 1.79. The smallest absolute Gasteiger partial charge is 0.222 e. The Morgan fingerprint density at radius 3 is 2.58 bits per heavy atom. The molecule has 130 valence electrons. The minimum Gasteiger partial charge on any atom is -0.366 e. The molecule has 0 amide bonds. The molecular formula is C18H16BrN7. The van der Waals surface area contributed by atoms with Gasteiger partial charge in [-0.25, -0.2) is 15.0 Å². The van der Waals surface area contributed by atoms with Gasteiger partial charge in [0.1, 0.15) is 5.82 Å². The lowest BCUT2D eigenvalue weighted by atomic mass is 10.1. The number of fused-ring (bicyclic) bond motifs is 1. The lowest BCUT2D eigenvalue weighted by Crippen LogP contribution is -2.07. The van der Waals surface area contributed by atoms with Crippen molar-refractivity contribution in [3.05, 3.63) is 65.0 Å². The van der Waals surface area contributed by atoms with E-state index in [1.165, 1.54) is 0 Å². The Bertz CT molecular complexity index is 1030. The lowest BCUT2D eigenvalue weighted by molar-refractivity contribution is 0.922. The molecule has 0 saturated carbocycles. The summed E-state index contributed by atoms with van der Waals surface area (Å²) in [4.78, 5) is 13.2. The van der Waals surface area contributed by atoms with Gasteiger partial charge in [0, 0.05) is 43.2 Å². The molecule has 0 aliphatic heterocycles. The number of nitrogens with zero attached hydrogens (tertiary/aromatic N) is 5. The van der Waals surface area contributed by atoms with E-state index in [0.29, 0.717) is 12.5 Å². The first-order chi connectivity index (χ1) is 12.7. The molecule has 0 unspecified atom stereocenters. The second-order valence-electron chi connectivity index (χ2n) is 5.64. The third-order valence-corrected chi connectivity index (χ3v) is 4.46. The van der Waals surface area contributed by atoms with Gasteiger partial charge in [-0.05, 0) is 15.9 Å². The van der Waals surface area contributed by atoms with Gasteiger partial charge in [-0.1, -0.05) is 30.3 Å². The van der Waals surface area contributed by atoms with Crippen LogP contribution >= 0.6 is 15.9 Å². The quantitative estimate of drug-likeness (QED) is 0.524. The van der Waals surface area contributed by atoms with Crippen molar-refractivity contribution >= 4 is 33.3 Å². The molecule has 4 rings (SSSR count). The molecule has 4 aromatic rings. The van der Waals surface area contributed by atoms with Crippen molar-refractivity contribution in [2.75, 3.05) is 17.7 Å². The minimum atomic E-state index is 0.578. The molecule has 0 radical (unpaired) electrons. The highest BCUT2D eigenvalue weighted by Gasteiger charge is 2.11. The van der Waals surface area contributed by atoms with Gasteiger partial charge in [0.25, 0.3) is 0 Å². The molecule has 0 fully saturated rings. The van der Waals surface area contributed by atoms with E-state index in [2.05, 4.69) is 41.6 Å². The zero-order chi connectivity index (χ0) is 17.9. The Kier molecular flexibility index (Phi) is 4.49. The first kappa shape index (κ1) is 16.5. The molecule has 0 saturated heterocycles. The first-order valence-electron chi connectivity index (χ1n) is 8.07. The largest absolute Gasteiger partial charge is 0.366 e. The Morgan fingerprint density at radius 1 is 1.08 bits per heavy atom. The standard InChI is InChI=1S/C18H16BrN7/c1-20-18-22-9-12(10-23-18)8-21-16-7-15(13-5-3-2-4-6-13)25-17-14(19)11-24-26(16)17/h2-7,9-11,21H,8H2,1H3,(H,20,22,23). The van der Waals surface area contributed by atoms with Gasteiger partial charge >= 0.3 is 0 Å². The van der Waals surface area contributed by atoms with Crippen molar-refractivity contribution in [2.45, 2.75) is 6.54 Å². The van der Waals surface area contributed by atoms with Gasteiger partial charge in [0.2, 0.25) is 5.95 Å². The number of halogens is 1. The third-order valence-electron chi connectivity index (χ3n) is 3.90. The van der Waals surface area contributed by atoms with E-state index in [9.17, 15) is 0 Å². The van der Waals surface area contributed by atoms with Crippen LogP contribution in [0.1, 0.15) is 5.56 Å². The molecule has 3 heterocycles. The number of benzene rings is 1. The van der Waals surface area contributed by atoms with E-state index in [1.54, 1.807) is 30.2 Å². The van der Waals surface area contributed by atoms with Crippen LogP contribution in [0.15, 0.2) is 59.5 Å².